The molecule has 0 aliphatic carbocycles. The van der Waals surface area contributed by atoms with E-state index in [-0.39, 0.29) is 31.5 Å². The Balaban J connectivity index is 1.77. The fourth-order valence-corrected chi connectivity index (χ4v) is 3.24. The number of amides is 1. The van der Waals surface area contributed by atoms with Crippen molar-refractivity contribution in [3.8, 4) is 0 Å². The summed E-state index contributed by atoms with van der Waals surface area (Å²) in [5, 5.41) is 2.89. The van der Waals surface area contributed by atoms with Crippen LogP contribution in [0.15, 0.2) is 69.3 Å². The molecule has 0 saturated heterocycles. The van der Waals surface area contributed by atoms with E-state index in [9.17, 15) is 14.4 Å². The number of fused-ring (bicyclic) bond motifs is 1. The second-order valence-electron chi connectivity index (χ2n) is 6.65. The third-order valence-corrected chi connectivity index (χ3v) is 4.51. The number of hydrogen-bond acceptors (Lipinski definition) is 4. The number of rotatable bonds is 8. The Kier molecular flexibility index (Phi) is 5.93. The first-order valence-electron chi connectivity index (χ1n) is 9.16. The summed E-state index contributed by atoms with van der Waals surface area (Å²) in [5.74, 6) is 0.603. The SMILES string of the molecule is C=CCn1c(=O)c(=O)n(CCC(=O)NC(C)Cc2ccco2)c2ccccc21. The third kappa shape index (κ3) is 4.14. The minimum Gasteiger partial charge on any atom is -0.469 e. The van der Waals surface area contributed by atoms with E-state index in [1.54, 1.807) is 42.7 Å². The Morgan fingerprint density at radius 1 is 1.14 bits per heavy atom. The smallest absolute Gasteiger partial charge is 0.317 e. The van der Waals surface area contributed by atoms with Crippen LogP contribution >= 0.6 is 0 Å². The summed E-state index contributed by atoms with van der Waals surface area (Å²) in [6, 6.07) is 10.7. The van der Waals surface area contributed by atoms with E-state index < -0.39 is 11.1 Å². The Morgan fingerprint density at radius 2 is 1.82 bits per heavy atom. The van der Waals surface area contributed by atoms with Crippen LogP contribution in [0.3, 0.4) is 0 Å². The van der Waals surface area contributed by atoms with Gasteiger partial charge in [0.05, 0.1) is 17.3 Å². The Hall–Kier alpha value is -3.35. The quantitative estimate of drug-likeness (QED) is 0.478. The van der Waals surface area contributed by atoms with Crippen LogP contribution in [-0.4, -0.2) is 21.1 Å². The van der Waals surface area contributed by atoms with Gasteiger partial charge in [0.15, 0.2) is 0 Å². The molecule has 3 rings (SSSR count). The van der Waals surface area contributed by atoms with Crippen molar-refractivity contribution >= 4 is 16.9 Å². The maximum Gasteiger partial charge on any atom is 0.317 e. The van der Waals surface area contributed by atoms with Crippen molar-refractivity contribution < 1.29 is 9.21 Å². The zero-order valence-corrected chi connectivity index (χ0v) is 15.8. The minimum atomic E-state index is -0.642. The topological polar surface area (TPSA) is 86.2 Å². The van der Waals surface area contributed by atoms with E-state index in [2.05, 4.69) is 11.9 Å². The van der Waals surface area contributed by atoms with Crippen LogP contribution in [0.25, 0.3) is 11.0 Å². The van der Waals surface area contributed by atoms with Crippen molar-refractivity contribution in [1.82, 2.24) is 14.5 Å². The highest BCUT2D eigenvalue weighted by atomic mass is 16.3. The molecule has 146 valence electrons. The van der Waals surface area contributed by atoms with Crippen LogP contribution in [0.2, 0.25) is 0 Å². The van der Waals surface area contributed by atoms with Crippen LogP contribution in [0, 0.1) is 0 Å². The molecule has 0 radical (unpaired) electrons. The molecular formula is C21H23N3O4. The maximum absolute atomic E-state index is 12.6. The lowest BCUT2D eigenvalue weighted by molar-refractivity contribution is -0.121. The number of carbonyl (C=O) groups excluding carboxylic acids is 1. The number of nitrogens with zero attached hydrogens (tertiary/aromatic N) is 2. The largest absolute Gasteiger partial charge is 0.469 e. The van der Waals surface area contributed by atoms with E-state index >= 15 is 0 Å². The predicted molar refractivity (Wildman–Crippen MR) is 107 cm³/mol. The van der Waals surface area contributed by atoms with Crippen molar-refractivity contribution in [2.24, 2.45) is 0 Å². The molecule has 28 heavy (non-hydrogen) atoms. The Labute approximate surface area is 161 Å². The summed E-state index contributed by atoms with van der Waals surface area (Å²) < 4.78 is 8.05. The molecule has 0 saturated carbocycles. The normalized spacial score (nSPS) is 12.0. The van der Waals surface area contributed by atoms with Crippen LogP contribution in [0.4, 0.5) is 0 Å². The highest BCUT2D eigenvalue weighted by Gasteiger charge is 2.14. The van der Waals surface area contributed by atoms with Crippen LogP contribution in [0.5, 0.6) is 0 Å². The fraction of sp³-hybridized carbons (Fsp3) is 0.286. The molecule has 2 heterocycles. The second kappa shape index (κ2) is 8.56. The molecule has 0 aliphatic rings. The van der Waals surface area contributed by atoms with Gasteiger partial charge in [-0.3, -0.25) is 19.0 Å². The Bertz CT molecular complexity index is 1090. The number of furan rings is 1. The number of para-hydroxylation sites is 2. The molecule has 0 aliphatic heterocycles. The molecule has 7 nitrogen and oxygen atoms in total. The van der Waals surface area contributed by atoms with Gasteiger partial charge in [-0.25, -0.2) is 0 Å². The highest BCUT2D eigenvalue weighted by molar-refractivity contribution is 5.77. The molecule has 1 atom stereocenters. The standard InChI is InChI=1S/C21H23N3O4/c1-3-11-23-17-8-4-5-9-18(17)24(21(27)20(23)26)12-10-19(25)22-15(2)14-16-7-6-13-28-16/h3-9,13,15H,1,10-12,14H2,2H3,(H,22,25). The van der Waals surface area contributed by atoms with E-state index in [1.165, 1.54) is 9.13 Å². The summed E-state index contributed by atoms with van der Waals surface area (Å²) in [6.45, 7) is 5.91. The predicted octanol–water partition coefficient (Wildman–Crippen LogP) is 2.08. The van der Waals surface area contributed by atoms with Crippen LogP contribution < -0.4 is 16.4 Å². The van der Waals surface area contributed by atoms with Gasteiger partial charge in [0, 0.05) is 32.0 Å². The minimum absolute atomic E-state index is 0.0946. The summed E-state index contributed by atoms with van der Waals surface area (Å²) >= 11 is 0. The van der Waals surface area contributed by atoms with Crippen molar-refractivity contribution in [3.63, 3.8) is 0 Å². The third-order valence-electron chi connectivity index (χ3n) is 4.51. The van der Waals surface area contributed by atoms with Gasteiger partial charge in [0.25, 0.3) is 0 Å². The van der Waals surface area contributed by atoms with Gasteiger partial charge in [-0.05, 0) is 31.2 Å². The van der Waals surface area contributed by atoms with Gasteiger partial charge < -0.3 is 14.3 Å². The fourth-order valence-electron chi connectivity index (χ4n) is 3.24. The molecule has 0 bridgehead atoms. The van der Waals surface area contributed by atoms with Crippen LogP contribution in [-0.2, 0) is 24.3 Å². The lowest BCUT2D eigenvalue weighted by atomic mass is 10.2. The lowest BCUT2D eigenvalue weighted by Crippen LogP contribution is -2.42. The molecule has 0 spiro atoms. The van der Waals surface area contributed by atoms with Gasteiger partial charge >= 0.3 is 11.1 Å². The number of hydrogen-bond donors (Lipinski definition) is 1. The van der Waals surface area contributed by atoms with Gasteiger partial charge in [-0.2, -0.15) is 0 Å². The molecule has 2 aromatic heterocycles. The first-order chi connectivity index (χ1) is 13.5. The monoisotopic (exact) mass is 381 g/mol. The molecule has 3 aromatic rings. The summed E-state index contributed by atoms with van der Waals surface area (Å²) in [6.07, 6.45) is 3.85. The highest BCUT2D eigenvalue weighted by Crippen LogP contribution is 2.11. The number of aromatic nitrogens is 2. The second-order valence-corrected chi connectivity index (χ2v) is 6.65. The van der Waals surface area contributed by atoms with Crippen molar-refractivity contribution in [3.05, 3.63) is 81.8 Å². The zero-order valence-electron chi connectivity index (χ0n) is 15.8. The van der Waals surface area contributed by atoms with E-state index in [0.29, 0.717) is 17.5 Å². The van der Waals surface area contributed by atoms with E-state index in [4.69, 9.17) is 4.42 Å². The van der Waals surface area contributed by atoms with Gasteiger partial charge in [-0.1, -0.05) is 18.2 Å². The molecule has 1 unspecified atom stereocenters. The van der Waals surface area contributed by atoms with Gasteiger partial charge in [0.1, 0.15) is 5.76 Å². The van der Waals surface area contributed by atoms with Gasteiger partial charge in [0.2, 0.25) is 5.91 Å². The molecule has 1 amide bonds. The van der Waals surface area contributed by atoms with Crippen molar-refractivity contribution in [2.75, 3.05) is 0 Å². The van der Waals surface area contributed by atoms with E-state index in [0.717, 1.165) is 5.76 Å². The first-order valence-corrected chi connectivity index (χ1v) is 9.16. The number of nitrogens with one attached hydrogen (secondary N) is 1. The van der Waals surface area contributed by atoms with Gasteiger partial charge in [-0.15, -0.1) is 6.58 Å². The number of carbonyl (C=O) groups is 1. The average molecular weight is 381 g/mol. The molecular weight excluding hydrogens is 358 g/mol. The number of allylic oxidation sites excluding steroid dienone is 1. The van der Waals surface area contributed by atoms with Crippen LogP contribution in [0.1, 0.15) is 19.1 Å². The molecule has 0 fully saturated rings. The summed E-state index contributed by atoms with van der Waals surface area (Å²) in [5.41, 5.74) is -0.00819. The first kappa shape index (κ1) is 19.4. The molecule has 7 heteroatoms. The van der Waals surface area contributed by atoms with Crippen molar-refractivity contribution in [2.45, 2.75) is 38.9 Å². The number of benzene rings is 1. The van der Waals surface area contributed by atoms with E-state index in [1.807, 2.05) is 13.0 Å². The number of aryl methyl sites for hydroxylation is 1. The average Bonchev–Trinajstić information content (AvgIpc) is 3.18. The Morgan fingerprint density at radius 3 is 2.46 bits per heavy atom. The molecule has 1 aromatic carbocycles. The zero-order chi connectivity index (χ0) is 20.1. The lowest BCUT2D eigenvalue weighted by Gasteiger charge is -2.15. The maximum atomic E-state index is 12.6. The molecule has 1 N–H and O–H groups in total. The summed E-state index contributed by atoms with van der Waals surface area (Å²) in [7, 11) is 0. The van der Waals surface area contributed by atoms with Crippen molar-refractivity contribution in [1.29, 1.82) is 0 Å². The summed E-state index contributed by atoms with van der Waals surface area (Å²) in [4.78, 5) is 37.3.